The van der Waals surface area contributed by atoms with Crippen LogP contribution in [0.4, 0.5) is 0 Å². The SMILES string of the molecule is O=C(O)C1CCCC1CC1CC1. The predicted molar refractivity (Wildman–Crippen MR) is 45.8 cm³/mol. The lowest BCUT2D eigenvalue weighted by Crippen LogP contribution is -2.18. The summed E-state index contributed by atoms with van der Waals surface area (Å²) < 4.78 is 0. The van der Waals surface area contributed by atoms with Gasteiger partial charge in [-0.15, -0.1) is 0 Å². The highest BCUT2D eigenvalue weighted by Gasteiger charge is 2.36. The Hall–Kier alpha value is -0.530. The number of rotatable bonds is 3. The maximum atomic E-state index is 10.8. The molecule has 68 valence electrons. The molecule has 0 saturated heterocycles. The van der Waals surface area contributed by atoms with Crippen LogP contribution in [0, 0.1) is 17.8 Å². The molecular weight excluding hydrogens is 152 g/mol. The number of aliphatic carboxylic acids is 1. The maximum Gasteiger partial charge on any atom is 0.306 e. The van der Waals surface area contributed by atoms with E-state index in [0.29, 0.717) is 5.92 Å². The Kier molecular flexibility index (Phi) is 2.07. The van der Waals surface area contributed by atoms with Gasteiger partial charge in [0.25, 0.3) is 0 Å². The van der Waals surface area contributed by atoms with E-state index in [2.05, 4.69) is 0 Å². The molecule has 2 heteroatoms. The highest BCUT2D eigenvalue weighted by atomic mass is 16.4. The van der Waals surface area contributed by atoms with E-state index >= 15 is 0 Å². The van der Waals surface area contributed by atoms with E-state index in [1.807, 2.05) is 0 Å². The van der Waals surface area contributed by atoms with Crippen LogP contribution in [0.25, 0.3) is 0 Å². The molecule has 0 spiro atoms. The lowest BCUT2D eigenvalue weighted by Gasteiger charge is -2.14. The van der Waals surface area contributed by atoms with Gasteiger partial charge < -0.3 is 5.11 Å². The van der Waals surface area contributed by atoms with Crippen molar-refractivity contribution in [2.24, 2.45) is 17.8 Å². The average Bonchev–Trinajstić information content (AvgIpc) is 2.66. The normalized spacial score (nSPS) is 35.3. The third kappa shape index (κ3) is 1.62. The fourth-order valence-electron chi connectivity index (χ4n) is 2.43. The summed E-state index contributed by atoms with van der Waals surface area (Å²) in [4.78, 5) is 10.8. The number of hydrogen-bond acceptors (Lipinski definition) is 1. The highest BCUT2D eigenvalue weighted by Crippen LogP contribution is 2.43. The summed E-state index contributed by atoms with van der Waals surface area (Å²) in [6, 6.07) is 0. The minimum Gasteiger partial charge on any atom is -0.481 e. The van der Waals surface area contributed by atoms with Crippen LogP contribution in [0.15, 0.2) is 0 Å². The summed E-state index contributed by atoms with van der Waals surface area (Å²) in [5, 5.41) is 8.92. The molecule has 0 aromatic heterocycles. The Balaban J connectivity index is 1.88. The van der Waals surface area contributed by atoms with Crippen LogP contribution < -0.4 is 0 Å². The van der Waals surface area contributed by atoms with Gasteiger partial charge in [0.2, 0.25) is 0 Å². The Bertz CT molecular complexity index is 184. The molecule has 2 fully saturated rings. The monoisotopic (exact) mass is 168 g/mol. The molecule has 0 bridgehead atoms. The molecule has 0 aliphatic heterocycles. The molecule has 2 aliphatic carbocycles. The summed E-state index contributed by atoms with van der Waals surface area (Å²) in [6.07, 6.45) is 7.11. The van der Waals surface area contributed by atoms with E-state index < -0.39 is 5.97 Å². The Labute approximate surface area is 73.0 Å². The minimum atomic E-state index is -0.557. The van der Waals surface area contributed by atoms with Gasteiger partial charge in [-0.25, -0.2) is 0 Å². The molecule has 2 nitrogen and oxygen atoms in total. The van der Waals surface area contributed by atoms with Gasteiger partial charge in [-0.1, -0.05) is 19.3 Å². The van der Waals surface area contributed by atoms with Gasteiger partial charge in [-0.05, 0) is 31.1 Å². The van der Waals surface area contributed by atoms with Gasteiger partial charge in [0.05, 0.1) is 5.92 Å². The van der Waals surface area contributed by atoms with Crippen LogP contribution in [0.2, 0.25) is 0 Å². The van der Waals surface area contributed by atoms with Crippen LogP contribution >= 0.6 is 0 Å². The van der Waals surface area contributed by atoms with Gasteiger partial charge in [0.1, 0.15) is 0 Å². The molecule has 2 atom stereocenters. The molecule has 0 radical (unpaired) electrons. The largest absolute Gasteiger partial charge is 0.481 e. The zero-order valence-corrected chi connectivity index (χ0v) is 7.33. The third-order valence-corrected chi connectivity index (χ3v) is 3.31. The smallest absolute Gasteiger partial charge is 0.306 e. The Morgan fingerprint density at radius 2 is 2.00 bits per heavy atom. The summed E-state index contributed by atoms with van der Waals surface area (Å²) in [5.41, 5.74) is 0. The molecule has 2 aliphatic rings. The van der Waals surface area contributed by atoms with Crippen molar-refractivity contribution in [1.29, 1.82) is 0 Å². The van der Waals surface area contributed by atoms with Crippen molar-refractivity contribution in [3.05, 3.63) is 0 Å². The first-order valence-corrected chi connectivity index (χ1v) is 5.00. The lowest BCUT2D eigenvalue weighted by molar-refractivity contribution is -0.143. The second-order valence-electron chi connectivity index (χ2n) is 4.31. The molecule has 0 aromatic carbocycles. The number of carboxylic acids is 1. The Morgan fingerprint density at radius 1 is 1.25 bits per heavy atom. The zero-order chi connectivity index (χ0) is 8.55. The second-order valence-corrected chi connectivity index (χ2v) is 4.31. The first kappa shape index (κ1) is 8.09. The Morgan fingerprint density at radius 3 is 2.58 bits per heavy atom. The van der Waals surface area contributed by atoms with Crippen LogP contribution in [0.5, 0.6) is 0 Å². The van der Waals surface area contributed by atoms with Gasteiger partial charge >= 0.3 is 5.97 Å². The minimum absolute atomic E-state index is 0.00870. The first-order valence-electron chi connectivity index (χ1n) is 5.00. The molecule has 0 aromatic rings. The molecule has 2 saturated carbocycles. The fraction of sp³-hybridized carbons (Fsp3) is 0.900. The van der Waals surface area contributed by atoms with E-state index in [-0.39, 0.29) is 5.92 Å². The van der Waals surface area contributed by atoms with E-state index in [1.54, 1.807) is 0 Å². The van der Waals surface area contributed by atoms with Crippen LogP contribution in [-0.4, -0.2) is 11.1 Å². The van der Waals surface area contributed by atoms with Crippen molar-refractivity contribution >= 4 is 5.97 Å². The van der Waals surface area contributed by atoms with Gasteiger partial charge in [-0.2, -0.15) is 0 Å². The topological polar surface area (TPSA) is 37.3 Å². The quantitative estimate of drug-likeness (QED) is 0.702. The molecule has 12 heavy (non-hydrogen) atoms. The second kappa shape index (κ2) is 3.08. The van der Waals surface area contributed by atoms with Gasteiger partial charge in [0.15, 0.2) is 0 Å². The molecule has 0 amide bonds. The van der Waals surface area contributed by atoms with E-state index in [9.17, 15) is 4.79 Å². The van der Waals surface area contributed by atoms with Gasteiger partial charge in [0, 0.05) is 0 Å². The summed E-state index contributed by atoms with van der Waals surface area (Å²) in [6.45, 7) is 0. The molecule has 2 rings (SSSR count). The van der Waals surface area contributed by atoms with E-state index in [4.69, 9.17) is 5.11 Å². The first-order chi connectivity index (χ1) is 5.77. The van der Waals surface area contributed by atoms with Crippen molar-refractivity contribution in [3.8, 4) is 0 Å². The van der Waals surface area contributed by atoms with Crippen molar-refractivity contribution < 1.29 is 9.90 Å². The van der Waals surface area contributed by atoms with E-state index in [1.165, 1.54) is 19.3 Å². The number of hydrogen-bond donors (Lipinski definition) is 1. The van der Waals surface area contributed by atoms with Crippen molar-refractivity contribution in [1.82, 2.24) is 0 Å². The molecule has 1 N–H and O–H groups in total. The van der Waals surface area contributed by atoms with Crippen LogP contribution in [0.3, 0.4) is 0 Å². The number of carbonyl (C=O) groups is 1. The third-order valence-electron chi connectivity index (χ3n) is 3.31. The van der Waals surface area contributed by atoms with E-state index in [0.717, 1.165) is 25.2 Å². The fourth-order valence-corrected chi connectivity index (χ4v) is 2.43. The standard InChI is InChI=1S/C10H16O2/c11-10(12)9-3-1-2-8(9)6-7-4-5-7/h7-9H,1-6H2,(H,11,12). The maximum absolute atomic E-state index is 10.8. The molecule has 0 heterocycles. The highest BCUT2D eigenvalue weighted by molar-refractivity contribution is 5.70. The molecule has 2 unspecified atom stereocenters. The van der Waals surface area contributed by atoms with Crippen molar-refractivity contribution in [2.45, 2.75) is 38.5 Å². The van der Waals surface area contributed by atoms with Crippen LogP contribution in [0.1, 0.15) is 38.5 Å². The zero-order valence-electron chi connectivity index (χ0n) is 7.33. The predicted octanol–water partition coefficient (Wildman–Crippen LogP) is 2.29. The lowest BCUT2D eigenvalue weighted by atomic mass is 9.91. The summed E-state index contributed by atoms with van der Waals surface area (Å²) in [7, 11) is 0. The summed E-state index contributed by atoms with van der Waals surface area (Å²) >= 11 is 0. The van der Waals surface area contributed by atoms with Crippen molar-refractivity contribution in [2.75, 3.05) is 0 Å². The summed E-state index contributed by atoms with van der Waals surface area (Å²) in [5.74, 6) is 0.827. The number of carboxylic acid groups (broad SMARTS) is 1. The van der Waals surface area contributed by atoms with Crippen molar-refractivity contribution in [3.63, 3.8) is 0 Å². The van der Waals surface area contributed by atoms with Crippen LogP contribution in [-0.2, 0) is 4.79 Å². The molecular formula is C10H16O2. The average molecular weight is 168 g/mol. The van der Waals surface area contributed by atoms with Gasteiger partial charge in [-0.3, -0.25) is 4.79 Å².